The van der Waals surface area contributed by atoms with Gasteiger partial charge < -0.3 is 0 Å². The standard InChI is InChI=1S/C76H53N3/c1-52-45-76(79-51-73(52)55-25-9-4-10-26-55)59-40-42-70(72(50-59)54-23-7-3-8-24-54)68-32-16-14-30-66(68)62-47-60(64-28-12-11-27-63(64)56-35-37-57(38-36-56)74-33-17-19-43-77-74)46-61(48-62)65-29-13-15-31-67(65)69-41-39-58(75-34-18-20-44-78-75)49-71(69)53-21-5-2-6-22-53/h2-51H,1H3. The van der Waals surface area contributed by atoms with E-state index in [0.29, 0.717) is 0 Å². The summed E-state index contributed by atoms with van der Waals surface area (Å²) >= 11 is 0. The van der Waals surface area contributed by atoms with Gasteiger partial charge in [0.1, 0.15) is 0 Å². The van der Waals surface area contributed by atoms with Gasteiger partial charge in [-0.2, -0.15) is 0 Å². The number of pyridine rings is 3. The number of benzene rings is 10. The van der Waals surface area contributed by atoms with Gasteiger partial charge in [0.2, 0.25) is 0 Å². The molecular weight excluding hydrogens is 955 g/mol. The predicted octanol–water partition coefficient (Wildman–Crippen LogP) is 20.2. The van der Waals surface area contributed by atoms with Crippen LogP contribution in [0.4, 0.5) is 0 Å². The summed E-state index contributed by atoms with van der Waals surface area (Å²) in [5, 5.41) is 0. The van der Waals surface area contributed by atoms with Gasteiger partial charge in [0.25, 0.3) is 0 Å². The van der Waals surface area contributed by atoms with Crippen molar-refractivity contribution in [1.29, 1.82) is 0 Å². The Bertz CT molecular complexity index is 4270. The molecule has 0 unspecified atom stereocenters. The monoisotopic (exact) mass is 1010 g/mol. The van der Waals surface area contributed by atoms with E-state index in [1.807, 2.05) is 42.9 Å². The summed E-state index contributed by atoms with van der Waals surface area (Å²) in [7, 11) is 0. The molecule has 0 saturated carbocycles. The Morgan fingerprint density at radius 1 is 0.190 bits per heavy atom. The van der Waals surface area contributed by atoms with Crippen LogP contribution in [-0.4, -0.2) is 15.0 Å². The van der Waals surface area contributed by atoms with Gasteiger partial charge in [0.05, 0.1) is 17.1 Å². The minimum absolute atomic E-state index is 0.940. The highest BCUT2D eigenvalue weighted by molar-refractivity contribution is 5.99. The topological polar surface area (TPSA) is 38.7 Å². The first kappa shape index (κ1) is 48.3. The Labute approximate surface area is 462 Å². The van der Waals surface area contributed by atoms with Crippen LogP contribution in [0, 0.1) is 6.92 Å². The third-order valence-corrected chi connectivity index (χ3v) is 15.0. The van der Waals surface area contributed by atoms with E-state index in [4.69, 9.17) is 9.97 Å². The molecule has 13 aromatic rings. The Morgan fingerprint density at radius 2 is 0.519 bits per heavy atom. The Morgan fingerprint density at radius 3 is 0.962 bits per heavy atom. The lowest BCUT2D eigenvalue weighted by Gasteiger charge is -2.20. The summed E-state index contributed by atoms with van der Waals surface area (Å²) in [5.41, 5.74) is 27.7. The highest BCUT2D eigenvalue weighted by Gasteiger charge is 2.20. The fraction of sp³-hybridized carbons (Fsp3) is 0.0132. The van der Waals surface area contributed by atoms with Crippen LogP contribution in [0.5, 0.6) is 0 Å². The Balaban J connectivity index is 0.998. The molecule has 0 aliphatic rings. The average Bonchev–Trinajstić information content (AvgIpc) is 3.58. The molecule has 0 aliphatic heterocycles. The quantitative estimate of drug-likeness (QED) is 0.122. The molecular formula is C76H53N3. The maximum atomic E-state index is 5.08. The highest BCUT2D eigenvalue weighted by Crippen LogP contribution is 2.46. The van der Waals surface area contributed by atoms with Crippen LogP contribution >= 0.6 is 0 Å². The van der Waals surface area contributed by atoms with Crippen molar-refractivity contribution in [2.75, 3.05) is 0 Å². The average molecular weight is 1010 g/mol. The van der Waals surface area contributed by atoms with Gasteiger partial charge in [-0.15, -0.1) is 0 Å². The molecule has 0 bridgehead atoms. The maximum absolute atomic E-state index is 5.08. The summed E-state index contributed by atoms with van der Waals surface area (Å²) in [5.74, 6) is 0. The second kappa shape index (κ2) is 21.7. The molecule has 0 saturated heterocycles. The summed E-state index contributed by atoms with van der Waals surface area (Å²) in [6, 6.07) is 103. The van der Waals surface area contributed by atoms with E-state index in [2.05, 4.69) is 273 Å². The Kier molecular flexibility index (Phi) is 13.3. The van der Waals surface area contributed by atoms with E-state index in [0.717, 1.165) is 134 Å². The van der Waals surface area contributed by atoms with Gasteiger partial charge in [-0.1, -0.05) is 224 Å². The third kappa shape index (κ3) is 9.90. The van der Waals surface area contributed by atoms with Gasteiger partial charge in [-0.05, 0) is 168 Å². The van der Waals surface area contributed by atoms with Gasteiger partial charge in [0.15, 0.2) is 0 Å². The zero-order valence-electron chi connectivity index (χ0n) is 43.7. The van der Waals surface area contributed by atoms with Crippen LogP contribution in [0.25, 0.3) is 134 Å². The largest absolute Gasteiger partial charge is 0.256 e. The molecule has 3 heteroatoms. The summed E-state index contributed by atoms with van der Waals surface area (Å²) in [4.78, 5) is 14.5. The predicted molar refractivity (Wildman–Crippen MR) is 330 cm³/mol. The fourth-order valence-corrected chi connectivity index (χ4v) is 11.1. The lowest BCUT2D eigenvalue weighted by molar-refractivity contribution is 1.29. The molecule has 3 aromatic heterocycles. The molecule has 3 heterocycles. The first-order chi connectivity index (χ1) is 39.1. The molecule has 0 aliphatic carbocycles. The zero-order valence-corrected chi connectivity index (χ0v) is 43.7. The van der Waals surface area contributed by atoms with Gasteiger partial charge in [-0.3, -0.25) is 15.0 Å². The molecule has 0 fully saturated rings. The Hall–Kier alpha value is -10.4. The van der Waals surface area contributed by atoms with Crippen LogP contribution in [0.1, 0.15) is 5.56 Å². The first-order valence-electron chi connectivity index (χ1n) is 26.9. The fourth-order valence-electron chi connectivity index (χ4n) is 11.1. The lowest BCUT2D eigenvalue weighted by atomic mass is 9.84. The van der Waals surface area contributed by atoms with E-state index in [1.54, 1.807) is 0 Å². The van der Waals surface area contributed by atoms with Crippen LogP contribution in [0.3, 0.4) is 0 Å². The smallest absolute Gasteiger partial charge is 0.0705 e. The van der Waals surface area contributed by atoms with Crippen molar-refractivity contribution >= 4 is 0 Å². The van der Waals surface area contributed by atoms with Gasteiger partial charge >= 0.3 is 0 Å². The number of aryl methyl sites for hydroxylation is 1. The van der Waals surface area contributed by atoms with Crippen molar-refractivity contribution in [2.24, 2.45) is 0 Å². The van der Waals surface area contributed by atoms with Crippen molar-refractivity contribution in [2.45, 2.75) is 6.92 Å². The molecule has 0 amide bonds. The molecule has 79 heavy (non-hydrogen) atoms. The number of aromatic nitrogens is 3. The van der Waals surface area contributed by atoms with E-state index in [1.165, 1.54) is 5.56 Å². The lowest BCUT2D eigenvalue weighted by Crippen LogP contribution is -1.95. The second-order valence-corrected chi connectivity index (χ2v) is 19.9. The molecule has 13 rings (SSSR count). The molecule has 10 aromatic carbocycles. The van der Waals surface area contributed by atoms with E-state index in [9.17, 15) is 0 Å². The molecule has 0 spiro atoms. The molecule has 372 valence electrons. The van der Waals surface area contributed by atoms with Crippen molar-refractivity contribution in [3.05, 3.63) is 309 Å². The van der Waals surface area contributed by atoms with Crippen LogP contribution < -0.4 is 0 Å². The SMILES string of the molecule is Cc1cc(-c2ccc(-c3ccccc3-c3cc(-c4ccccc4-c4ccc(-c5ccccn5)cc4)cc(-c4ccccc4-c4ccc(-c5ccccn5)cc4-c4ccccc4)c3)c(-c3ccccc3)c2)ncc1-c1ccccc1. The summed E-state index contributed by atoms with van der Waals surface area (Å²) in [6.45, 7) is 2.18. The van der Waals surface area contributed by atoms with E-state index in [-0.39, 0.29) is 0 Å². The number of hydrogen-bond acceptors (Lipinski definition) is 3. The zero-order chi connectivity index (χ0) is 52.9. The van der Waals surface area contributed by atoms with Crippen molar-refractivity contribution < 1.29 is 0 Å². The number of rotatable bonds is 12. The number of hydrogen-bond donors (Lipinski definition) is 0. The van der Waals surface area contributed by atoms with Crippen LogP contribution in [-0.2, 0) is 0 Å². The van der Waals surface area contributed by atoms with Gasteiger partial charge in [-0.25, -0.2) is 0 Å². The normalized spacial score (nSPS) is 11.1. The minimum atomic E-state index is 0.940. The van der Waals surface area contributed by atoms with Crippen LogP contribution in [0.2, 0.25) is 0 Å². The maximum Gasteiger partial charge on any atom is 0.0705 e. The summed E-state index contributed by atoms with van der Waals surface area (Å²) in [6.07, 6.45) is 5.73. The van der Waals surface area contributed by atoms with Gasteiger partial charge in [0, 0.05) is 40.8 Å². The molecule has 0 atom stereocenters. The summed E-state index contributed by atoms with van der Waals surface area (Å²) < 4.78 is 0. The molecule has 0 N–H and O–H groups in total. The number of nitrogens with zero attached hydrogens (tertiary/aromatic N) is 3. The second-order valence-electron chi connectivity index (χ2n) is 19.9. The van der Waals surface area contributed by atoms with Crippen LogP contribution in [0.15, 0.2) is 304 Å². The third-order valence-electron chi connectivity index (χ3n) is 15.0. The van der Waals surface area contributed by atoms with Crippen molar-refractivity contribution in [3.8, 4) is 134 Å². The van der Waals surface area contributed by atoms with E-state index < -0.39 is 0 Å². The molecule has 3 nitrogen and oxygen atoms in total. The van der Waals surface area contributed by atoms with Crippen molar-refractivity contribution in [3.63, 3.8) is 0 Å². The molecule has 0 radical (unpaired) electrons. The van der Waals surface area contributed by atoms with Crippen molar-refractivity contribution in [1.82, 2.24) is 15.0 Å². The highest BCUT2D eigenvalue weighted by atomic mass is 14.7. The van der Waals surface area contributed by atoms with E-state index >= 15 is 0 Å². The minimum Gasteiger partial charge on any atom is -0.256 e. The first-order valence-corrected chi connectivity index (χ1v) is 26.9.